The van der Waals surface area contributed by atoms with Crippen molar-refractivity contribution in [3.8, 4) is 0 Å². The van der Waals surface area contributed by atoms with Crippen LogP contribution in [0.15, 0.2) is 24.8 Å². The Hall–Kier alpha value is -2.38. The molecule has 7 nitrogen and oxygen atoms in total. The molecule has 3 N–H and O–H groups in total. The highest BCUT2D eigenvalue weighted by atomic mass is 16.5. The molecular formula is C18H28N4O3. The second-order valence-electron chi connectivity index (χ2n) is 5.39. The number of aryl methyl sites for hydroxylation is 1. The lowest BCUT2D eigenvalue weighted by molar-refractivity contribution is -0.124. The maximum absolute atomic E-state index is 11.0. The molecule has 1 rings (SSSR count). The van der Waals surface area contributed by atoms with Crippen LogP contribution in [0.5, 0.6) is 0 Å². The van der Waals surface area contributed by atoms with Crippen LogP contribution in [0.1, 0.15) is 37.7 Å². The number of unbranched alkanes of at least 4 members (excludes halogenated alkanes) is 2. The molecule has 0 bridgehead atoms. The summed E-state index contributed by atoms with van der Waals surface area (Å²) in [7, 11) is 1.66. The summed E-state index contributed by atoms with van der Waals surface area (Å²) >= 11 is 0. The Morgan fingerprint density at radius 1 is 1.40 bits per heavy atom. The maximum Gasteiger partial charge on any atom is 0.267 e. The topological polar surface area (TPSA) is 88.4 Å². The molecule has 0 fully saturated rings. The number of carbonyl (C=O) groups excluding carboxylic acids is 1. The molecule has 0 saturated heterocycles. The third kappa shape index (κ3) is 6.94. The number of imidazole rings is 1. The van der Waals surface area contributed by atoms with Gasteiger partial charge < -0.3 is 10.1 Å². The van der Waals surface area contributed by atoms with Crippen LogP contribution in [0.3, 0.4) is 0 Å². The second kappa shape index (κ2) is 12.0. The third-order valence-electron chi connectivity index (χ3n) is 3.52. The number of amides is 1. The summed E-state index contributed by atoms with van der Waals surface area (Å²) in [5.74, 6) is 1.05. The SMILES string of the molecule is C=Cn1c(/C=C/C=C/C(=O)NO)nc(CCCCC)c1NCCOC. The van der Waals surface area contributed by atoms with Gasteiger partial charge in [0.15, 0.2) is 0 Å². The second-order valence-corrected chi connectivity index (χ2v) is 5.39. The van der Waals surface area contributed by atoms with E-state index >= 15 is 0 Å². The van der Waals surface area contributed by atoms with Gasteiger partial charge in [-0.15, -0.1) is 0 Å². The Labute approximate surface area is 149 Å². The summed E-state index contributed by atoms with van der Waals surface area (Å²) in [6.45, 7) is 7.31. The number of nitrogens with zero attached hydrogens (tertiary/aromatic N) is 2. The lowest BCUT2D eigenvalue weighted by atomic mass is 10.1. The average Bonchev–Trinajstić information content (AvgIpc) is 2.95. The van der Waals surface area contributed by atoms with E-state index in [1.807, 2.05) is 4.57 Å². The summed E-state index contributed by atoms with van der Waals surface area (Å²) in [4.78, 5) is 15.6. The zero-order chi connectivity index (χ0) is 18.5. The predicted molar refractivity (Wildman–Crippen MR) is 100 cm³/mol. The minimum absolute atomic E-state index is 0.584. The first-order chi connectivity index (χ1) is 12.2. The van der Waals surface area contributed by atoms with E-state index in [1.54, 1.807) is 25.5 Å². The number of allylic oxidation sites excluding steroid dienone is 2. The molecule has 25 heavy (non-hydrogen) atoms. The Balaban J connectivity index is 2.99. The Morgan fingerprint density at radius 3 is 2.84 bits per heavy atom. The number of carbonyl (C=O) groups is 1. The number of hydrogen-bond acceptors (Lipinski definition) is 5. The summed E-state index contributed by atoms with van der Waals surface area (Å²) < 4.78 is 6.98. The highest BCUT2D eigenvalue weighted by Gasteiger charge is 2.13. The smallest absolute Gasteiger partial charge is 0.267 e. The van der Waals surface area contributed by atoms with Crippen LogP contribution in [0, 0.1) is 0 Å². The van der Waals surface area contributed by atoms with Crippen molar-refractivity contribution in [1.29, 1.82) is 0 Å². The van der Waals surface area contributed by atoms with Crippen molar-refractivity contribution < 1.29 is 14.7 Å². The minimum atomic E-state index is -0.584. The van der Waals surface area contributed by atoms with E-state index in [2.05, 4.69) is 23.8 Å². The summed E-state index contributed by atoms with van der Waals surface area (Å²) in [6.07, 6.45) is 12.2. The van der Waals surface area contributed by atoms with Crippen molar-refractivity contribution in [3.63, 3.8) is 0 Å². The number of anilines is 1. The first kappa shape index (κ1) is 20.7. The van der Waals surface area contributed by atoms with Crippen LogP contribution in [-0.2, 0) is 16.0 Å². The first-order valence-corrected chi connectivity index (χ1v) is 8.43. The zero-order valence-corrected chi connectivity index (χ0v) is 15.0. The molecule has 7 heteroatoms. The van der Waals surface area contributed by atoms with Gasteiger partial charge in [0.2, 0.25) is 0 Å². The quantitative estimate of drug-likeness (QED) is 0.178. The van der Waals surface area contributed by atoms with Crippen molar-refractivity contribution in [2.45, 2.75) is 32.6 Å². The summed E-state index contributed by atoms with van der Waals surface area (Å²) in [5.41, 5.74) is 2.53. The van der Waals surface area contributed by atoms with E-state index in [1.165, 1.54) is 17.6 Å². The summed E-state index contributed by atoms with van der Waals surface area (Å²) in [6, 6.07) is 0. The number of nitrogens with one attached hydrogen (secondary N) is 2. The molecule has 0 aromatic carbocycles. The highest BCUT2D eigenvalue weighted by Crippen LogP contribution is 2.22. The van der Waals surface area contributed by atoms with E-state index in [0.29, 0.717) is 13.2 Å². The fraction of sp³-hybridized carbons (Fsp3) is 0.444. The molecule has 1 aromatic heterocycles. The van der Waals surface area contributed by atoms with Gasteiger partial charge in [-0.25, -0.2) is 10.5 Å². The van der Waals surface area contributed by atoms with Crippen LogP contribution in [0.25, 0.3) is 12.3 Å². The van der Waals surface area contributed by atoms with Gasteiger partial charge >= 0.3 is 0 Å². The van der Waals surface area contributed by atoms with Gasteiger partial charge in [0.1, 0.15) is 11.6 Å². The van der Waals surface area contributed by atoms with Crippen LogP contribution in [0.4, 0.5) is 5.82 Å². The fourth-order valence-electron chi connectivity index (χ4n) is 2.30. The number of hydroxylamine groups is 1. The van der Waals surface area contributed by atoms with E-state index in [9.17, 15) is 4.79 Å². The van der Waals surface area contributed by atoms with Gasteiger partial charge in [-0.1, -0.05) is 38.5 Å². The maximum atomic E-state index is 11.0. The van der Waals surface area contributed by atoms with Crippen LogP contribution >= 0.6 is 0 Å². The third-order valence-corrected chi connectivity index (χ3v) is 3.52. The molecule has 0 spiro atoms. The molecule has 0 radical (unpaired) electrons. The van der Waals surface area contributed by atoms with E-state index < -0.39 is 5.91 Å². The fourth-order valence-corrected chi connectivity index (χ4v) is 2.30. The van der Waals surface area contributed by atoms with Gasteiger partial charge in [-0.3, -0.25) is 14.6 Å². The van der Waals surface area contributed by atoms with Crippen LogP contribution in [0.2, 0.25) is 0 Å². The molecule has 0 unspecified atom stereocenters. The van der Waals surface area contributed by atoms with E-state index in [0.717, 1.165) is 43.0 Å². The van der Waals surface area contributed by atoms with Crippen molar-refractivity contribution in [3.05, 3.63) is 36.3 Å². The Kier molecular flexibility index (Phi) is 9.96. The number of aromatic nitrogens is 2. The van der Waals surface area contributed by atoms with E-state index in [4.69, 9.17) is 9.94 Å². The average molecular weight is 348 g/mol. The zero-order valence-electron chi connectivity index (χ0n) is 15.0. The predicted octanol–water partition coefficient (Wildman–Crippen LogP) is 2.85. The Morgan fingerprint density at radius 2 is 2.20 bits per heavy atom. The molecule has 1 amide bonds. The van der Waals surface area contributed by atoms with Crippen molar-refractivity contribution in [2.24, 2.45) is 0 Å². The van der Waals surface area contributed by atoms with Gasteiger partial charge in [0, 0.05) is 25.9 Å². The summed E-state index contributed by atoms with van der Waals surface area (Å²) in [5, 5.41) is 11.8. The molecule has 0 aliphatic heterocycles. The number of ether oxygens (including phenoxy) is 1. The number of hydrogen-bond donors (Lipinski definition) is 3. The van der Waals surface area contributed by atoms with Crippen molar-refractivity contribution >= 4 is 24.0 Å². The lowest BCUT2D eigenvalue weighted by Gasteiger charge is -2.10. The molecule has 0 aliphatic carbocycles. The van der Waals surface area contributed by atoms with Gasteiger partial charge in [-0.05, 0) is 18.9 Å². The molecule has 138 valence electrons. The number of methoxy groups -OCH3 is 1. The first-order valence-electron chi connectivity index (χ1n) is 8.43. The molecule has 0 saturated carbocycles. The van der Waals surface area contributed by atoms with Gasteiger partial charge in [0.25, 0.3) is 5.91 Å². The standard InChI is InChI=1S/C18H28N4O3/c1-4-6-7-10-15-18(19-13-14-25-3)22(5-2)16(20-15)11-8-9-12-17(23)21-24/h5,8-9,11-12,19,24H,2,4,6-7,10,13-14H2,1,3H3,(H,21,23)/b11-8+,12-9+. The largest absolute Gasteiger partial charge is 0.383 e. The monoisotopic (exact) mass is 348 g/mol. The van der Waals surface area contributed by atoms with E-state index in [-0.39, 0.29) is 0 Å². The Bertz CT molecular complexity index is 606. The normalized spacial score (nSPS) is 11.3. The van der Waals surface area contributed by atoms with Crippen LogP contribution < -0.4 is 10.8 Å². The molecule has 0 aliphatic rings. The van der Waals surface area contributed by atoms with Crippen molar-refractivity contribution in [1.82, 2.24) is 15.0 Å². The number of rotatable bonds is 12. The van der Waals surface area contributed by atoms with Gasteiger partial charge in [0.05, 0.1) is 12.3 Å². The molecule has 1 heterocycles. The van der Waals surface area contributed by atoms with Crippen LogP contribution in [-0.4, -0.2) is 40.9 Å². The molecule has 1 aromatic rings. The minimum Gasteiger partial charge on any atom is -0.383 e. The van der Waals surface area contributed by atoms with Crippen molar-refractivity contribution in [2.75, 3.05) is 25.6 Å². The highest BCUT2D eigenvalue weighted by molar-refractivity contribution is 5.86. The van der Waals surface area contributed by atoms with Gasteiger partial charge in [-0.2, -0.15) is 0 Å². The molecular weight excluding hydrogens is 320 g/mol. The lowest BCUT2D eigenvalue weighted by Crippen LogP contribution is -2.14. The molecule has 0 atom stereocenters.